The first-order valence-electron chi connectivity index (χ1n) is 3.99. The summed E-state index contributed by atoms with van der Waals surface area (Å²) in [7, 11) is 0. The van der Waals surface area contributed by atoms with Crippen LogP contribution in [0.25, 0.3) is 0 Å². The third-order valence-corrected chi connectivity index (χ3v) is 2.24. The average molecular weight is 201 g/mol. The summed E-state index contributed by atoms with van der Waals surface area (Å²) in [6.45, 7) is 3.08. The standard InChI is InChI=1S/C8H9ClN2O2/c1-5-7(9)10-4-11-8(5)13-6-2-12-3-6/h4,6H,2-3H2,1H3. The number of nitrogens with zero attached hydrogens (tertiary/aromatic N) is 2. The number of halogens is 1. The molecule has 1 aromatic rings. The molecule has 1 aliphatic rings. The molecule has 4 nitrogen and oxygen atoms in total. The molecule has 2 heterocycles. The SMILES string of the molecule is Cc1c(Cl)ncnc1OC1COC1. The number of aromatic nitrogens is 2. The first-order chi connectivity index (χ1) is 6.27. The lowest BCUT2D eigenvalue weighted by molar-refractivity contribution is -0.0816. The zero-order chi connectivity index (χ0) is 9.26. The third kappa shape index (κ3) is 1.73. The van der Waals surface area contributed by atoms with Crippen molar-refractivity contribution in [3.8, 4) is 5.88 Å². The lowest BCUT2D eigenvalue weighted by Gasteiger charge is -2.26. The molecule has 5 heteroatoms. The van der Waals surface area contributed by atoms with Gasteiger partial charge in [0, 0.05) is 5.56 Å². The molecule has 0 spiro atoms. The van der Waals surface area contributed by atoms with E-state index < -0.39 is 0 Å². The first kappa shape index (κ1) is 8.72. The molecule has 0 aromatic carbocycles. The van der Waals surface area contributed by atoms with Gasteiger partial charge in [-0.15, -0.1) is 0 Å². The van der Waals surface area contributed by atoms with E-state index in [1.54, 1.807) is 0 Å². The van der Waals surface area contributed by atoms with Crippen molar-refractivity contribution in [1.29, 1.82) is 0 Å². The fourth-order valence-corrected chi connectivity index (χ4v) is 1.10. The van der Waals surface area contributed by atoms with Gasteiger partial charge in [0.25, 0.3) is 0 Å². The summed E-state index contributed by atoms with van der Waals surface area (Å²) in [5, 5.41) is 0.435. The molecular formula is C8H9ClN2O2. The van der Waals surface area contributed by atoms with Crippen LogP contribution in [0.4, 0.5) is 0 Å². The molecule has 0 unspecified atom stereocenters. The zero-order valence-electron chi connectivity index (χ0n) is 7.16. The summed E-state index contributed by atoms with van der Waals surface area (Å²) in [5.74, 6) is 0.549. The Morgan fingerprint density at radius 1 is 1.54 bits per heavy atom. The topological polar surface area (TPSA) is 44.2 Å². The van der Waals surface area contributed by atoms with E-state index >= 15 is 0 Å². The molecule has 13 heavy (non-hydrogen) atoms. The largest absolute Gasteiger partial charge is 0.469 e. The van der Waals surface area contributed by atoms with Crippen LogP contribution in [0.5, 0.6) is 5.88 Å². The molecule has 0 atom stereocenters. The van der Waals surface area contributed by atoms with Gasteiger partial charge in [-0.3, -0.25) is 0 Å². The Morgan fingerprint density at radius 3 is 2.92 bits per heavy atom. The molecule has 0 amide bonds. The van der Waals surface area contributed by atoms with Crippen molar-refractivity contribution in [1.82, 2.24) is 9.97 Å². The monoisotopic (exact) mass is 200 g/mol. The Labute approximate surface area is 80.9 Å². The van der Waals surface area contributed by atoms with Crippen LogP contribution in [0.15, 0.2) is 6.33 Å². The maximum absolute atomic E-state index is 5.80. The fourth-order valence-electron chi connectivity index (χ4n) is 0.973. The van der Waals surface area contributed by atoms with Crippen molar-refractivity contribution in [2.75, 3.05) is 13.2 Å². The van der Waals surface area contributed by atoms with Crippen molar-refractivity contribution in [3.63, 3.8) is 0 Å². The molecular weight excluding hydrogens is 192 g/mol. The molecule has 0 N–H and O–H groups in total. The Kier molecular flexibility index (Phi) is 2.33. The minimum absolute atomic E-state index is 0.115. The Morgan fingerprint density at radius 2 is 2.31 bits per heavy atom. The molecule has 0 saturated carbocycles. The predicted octanol–water partition coefficient (Wildman–Crippen LogP) is 1.22. The average Bonchev–Trinajstić information content (AvgIpc) is 2.04. The summed E-state index contributed by atoms with van der Waals surface area (Å²) in [6.07, 6.45) is 1.51. The molecule has 1 aliphatic heterocycles. The molecule has 1 saturated heterocycles. The van der Waals surface area contributed by atoms with Crippen LogP contribution < -0.4 is 4.74 Å². The molecule has 0 radical (unpaired) electrons. The van der Waals surface area contributed by atoms with Crippen LogP contribution in [0, 0.1) is 6.92 Å². The summed E-state index contributed by atoms with van der Waals surface area (Å²) in [5.41, 5.74) is 0.774. The van der Waals surface area contributed by atoms with Crippen molar-refractivity contribution in [3.05, 3.63) is 17.0 Å². The van der Waals surface area contributed by atoms with Crippen LogP contribution >= 0.6 is 11.6 Å². The van der Waals surface area contributed by atoms with Crippen LogP contribution in [0.1, 0.15) is 5.56 Å². The number of hydrogen-bond acceptors (Lipinski definition) is 4. The van der Waals surface area contributed by atoms with E-state index in [1.807, 2.05) is 6.92 Å². The Bertz CT molecular complexity index is 315. The highest BCUT2D eigenvalue weighted by Gasteiger charge is 2.21. The lowest BCUT2D eigenvalue weighted by Crippen LogP contribution is -2.38. The number of ether oxygens (including phenoxy) is 2. The van der Waals surface area contributed by atoms with E-state index in [9.17, 15) is 0 Å². The smallest absolute Gasteiger partial charge is 0.221 e. The van der Waals surface area contributed by atoms with E-state index in [2.05, 4.69) is 9.97 Å². The van der Waals surface area contributed by atoms with Gasteiger partial charge in [-0.2, -0.15) is 0 Å². The Hall–Kier alpha value is -0.870. The highest BCUT2D eigenvalue weighted by Crippen LogP contribution is 2.22. The van der Waals surface area contributed by atoms with Crippen LogP contribution in [0.2, 0.25) is 5.15 Å². The minimum Gasteiger partial charge on any atom is -0.469 e. The molecule has 0 bridgehead atoms. The van der Waals surface area contributed by atoms with Gasteiger partial charge >= 0.3 is 0 Å². The van der Waals surface area contributed by atoms with Crippen molar-refractivity contribution in [2.24, 2.45) is 0 Å². The minimum atomic E-state index is 0.115. The van der Waals surface area contributed by atoms with Crippen LogP contribution in [-0.4, -0.2) is 29.3 Å². The zero-order valence-corrected chi connectivity index (χ0v) is 7.91. The predicted molar refractivity (Wildman–Crippen MR) is 47.0 cm³/mol. The molecule has 1 aromatic heterocycles. The van der Waals surface area contributed by atoms with Gasteiger partial charge in [-0.1, -0.05) is 11.6 Å². The van der Waals surface area contributed by atoms with Crippen LogP contribution in [-0.2, 0) is 4.74 Å². The quantitative estimate of drug-likeness (QED) is 0.674. The Balaban J connectivity index is 2.14. The summed E-state index contributed by atoms with van der Waals surface area (Å²) in [4.78, 5) is 7.82. The van der Waals surface area contributed by atoms with E-state index in [0.29, 0.717) is 24.2 Å². The number of rotatable bonds is 2. The summed E-state index contributed by atoms with van der Waals surface area (Å²) < 4.78 is 10.5. The van der Waals surface area contributed by atoms with Gasteiger partial charge in [0.15, 0.2) is 0 Å². The van der Waals surface area contributed by atoms with E-state index in [4.69, 9.17) is 21.1 Å². The van der Waals surface area contributed by atoms with Crippen LogP contribution in [0.3, 0.4) is 0 Å². The van der Waals surface area contributed by atoms with Gasteiger partial charge < -0.3 is 9.47 Å². The van der Waals surface area contributed by atoms with Crippen molar-refractivity contribution >= 4 is 11.6 Å². The molecule has 1 fully saturated rings. The van der Waals surface area contributed by atoms with E-state index in [-0.39, 0.29) is 6.10 Å². The highest BCUT2D eigenvalue weighted by atomic mass is 35.5. The second kappa shape index (κ2) is 3.47. The van der Waals surface area contributed by atoms with Gasteiger partial charge in [0.2, 0.25) is 5.88 Å². The van der Waals surface area contributed by atoms with E-state index in [0.717, 1.165) is 5.56 Å². The van der Waals surface area contributed by atoms with Crippen molar-refractivity contribution in [2.45, 2.75) is 13.0 Å². The van der Waals surface area contributed by atoms with Crippen molar-refractivity contribution < 1.29 is 9.47 Å². The number of hydrogen-bond donors (Lipinski definition) is 0. The first-order valence-corrected chi connectivity index (χ1v) is 4.36. The third-order valence-electron chi connectivity index (χ3n) is 1.86. The van der Waals surface area contributed by atoms with Gasteiger partial charge in [0.05, 0.1) is 13.2 Å². The summed E-state index contributed by atoms with van der Waals surface area (Å²) in [6, 6.07) is 0. The maximum atomic E-state index is 5.80. The fraction of sp³-hybridized carbons (Fsp3) is 0.500. The van der Waals surface area contributed by atoms with Gasteiger partial charge in [-0.05, 0) is 6.92 Å². The second-order valence-electron chi connectivity index (χ2n) is 2.87. The van der Waals surface area contributed by atoms with Gasteiger partial charge in [0.1, 0.15) is 17.6 Å². The molecule has 70 valence electrons. The highest BCUT2D eigenvalue weighted by molar-refractivity contribution is 6.30. The normalized spacial score (nSPS) is 16.8. The molecule has 0 aliphatic carbocycles. The maximum Gasteiger partial charge on any atom is 0.221 e. The molecule has 2 rings (SSSR count). The second-order valence-corrected chi connectivity index (χ2v) is 3.23. The lowest BCUT2D eigenvalue weighted by atomic mass is 10.3. The van der Waals surface area contributed by atoms with E-state index in [1.165, 1.54) is 6.33 Å². The summed E-state index contributed by atoms with van der Waals surface area (Å²) >= 11 is 5.80. The van der Waals surface area contributed by atoms with Gasteiger partial charge in [-0.25, -0.2) is 9.97 Å².